The van der Waals surface area contributed by atoms with E-state index in [2.05, 4.69) is 243 Å². The molecule has 78 heavy (non-hydrogen) atoms. The summed E-state index contributed by atoms with van der Waals surface area (Å²) >= 11 is 0. The van der Waals surface area contributed by atoms with Crippen molar-refractivity contribution in [3.05, 3.63) is 217 Å². The van der Waals surface area contributed by atoms with Crippen molar-refractivity contribution in [2.24, 2.45) is 0 Å². The van der Waals surface area contributed by atoms with Gasteiger partial charge in [-0.2, -0.15) is 0 Å². The number of nitrogens with zero attached hydrogens (tertiary/aromatic N) is 6. The van der Waals surface area contributed by atoms with E-state index in [1.807, 2.05) is 48.8 Å². The lowest BCUT2D eigenvalue weighted by atomic mass is 9.85. The fourth-order valence-corrected chi connectivity index (χ4v) is 11.1. The first-order valence-electron chi connectivity index (χ1n) is 27.4. The minimum Gasteiger partial charge on any atom is -0.309 e. The highest BCUT2D eigenvalue weighted by Gasteiger charge is 2.27. The van der Waals surface area contributed by atoms with Gasteiger partial charge in [-0.25, -0.2) is 15.0 Å². The largest absolute Gasteiger partial charge is 0.309 e. The van der Waals surface area contributed by atoms with E-state index in [1.54, 1.807) is 0 Å². The van der Waals surface area contributed by atoms with Crippen molar-refractivity contribution in [2.75, 3.05) is 0 Å². The van der Waals surface area contributed by atoms with Crippen LogP contribution in [0.4, 0.5) is 0 Å². The third-order valence-corrected chi connectivity index (χ3v) is 15.7. The molecule has 6 nitrogen and oxygen atoms in total. The van der Waals surface area contributed by atoms with Crippen molar-refractivity contribution in [3.8, 4) is 67.8 Å². The highest BCUT2D eigenvalue weighted by Crippen LogP contribution is 2.46. The quantitative estimate of drug-likeness (QED) is 0.160. The second-order valence-corrected chi connectivity index (χ2v) is 25.3. The highest BCUT2D eigenvalue weighted by atomic mass is 15.0. The third-order valence-electron chi connectivity index (χ3n) is 15.7. The van der Waals surface area contributed by atoms with Gasteiger partial charge in [-0.3, -0.25) is 4.98 Å². The lowest BCUT2D eigenvalue weighted by Gasteiger charge is -2.22. The number of fused-ring (bicyclic) bond motifs is 6. The van der Waals surface area contributed by atoms with Crippen molar-refractivity contribution in [2.45, 2.75) is 105 Å². The van der Waals surface area contributed by atoms with Gasteiger partial charge in [0.25, 0.3) is 0 Å². The maximum atomic E-state index is 5.32. The van der Waals surface area contributed by atoms with Crippen molar-refractivity contribution in [1.82, 2.24) is 29.1 Å². The SMILES string of the molecule is CC(C)(C)c1ccc2c(c1)c1cc(C(C)(C)C)ccc1n2-c1ccc(-c2nc(-c3ccccc3)nc(-c3ccccc3)n2)cc1-c1ccc(-c2ccncc2)cc1-n1c2ccc(C(C)(C)C)cc2c2cc(C(C)(C)C)ccc21. The van der Waals surface area contributed by atoms with Crippen LogP contribution in [0.1, 0.15) is 105 Å². The van der Waals surface area contributed by atoms with Crippen LogP contribution in [0.25, 0.3) is 111 Å². The summed E-state index contributed by atoms with van der Waals surface area (Å²) in [6.45, 7) is 27.7. The molecule has 0 saturated heterocycles. The normalized spacial score (nSPS) is 12.6. The molecule has 0 aliphatic rings. The summed E-state index contributed by atoms with van der Waals surface area (Å²) in [5.74, 6) is 1.83. The van der Waals surface area contributed by atoms with E-state index < -0.39 is 0 Å². The van der Waals surface area contributed by atoms with Crippen LogP contribution in [-0.2, 0) is 21.7 Å². The van der Waals surface area contributed by atoms with E-state index in [9.17, 15) is 0 Å². The minimum atomic E-state index is -0.0502. The van der Waals surface area contributed by atoms with Crippen LogP contribution >= 0.6 is 0 Å². The van der Waals surface area contributed by atoms with E-state index >= 15 is 0 Å². The second kappa shape index (κ2) is 18.6. The molecule has 0 bridgehead atoms. The average Bonchev–Trinajstić information content (AvgIpc) is 4.15. The number of hydrogen-bond acceptors (Lipinski definition) is 4. The molecular formula is C72H68N6. The standard InChI is InChI=1S/C72H68N6/c1-69(2,3)50-25-31-61-56(41-50)57-42-51(70(4,5)6)26-32-62(57)77(61)60-30-24-49(68-75-66(46-19-15-13-16-20-46)74-67(76-68)47-21-17-14-18-22-47)39-55(60)54-29-23-48(45-35-37-73-38-36-45)40-65(54)78-63-33-27-52(71(7,8)9)43-58(63)59-44-53(72(10,11)12)28-34-64(59)78/h13-44H,1-12H3. The Hall–Kier alpha value is -8.48. The molecule has 4 aromatic heterocycles. The molecule has 4 heterocycles. The highest BCUT2D eigenvalue weighted by molar-refractivity contribution is 6.12. The van der Waals surface area contributed by atoms with Gasteiger partial charge < -0.3 is 9.13 Å². The lowest BCUT2D eigenvalue weighted by molar-refractivity contribution is 0.590. The van der Waals surface area contributed by atoms with Gasteiger partial charge in [0, 0.05) is 61.8 Å². The van der Waals surface area contributed by atoms with Crippen molar-refractivity contribution in [3.63, 3.8) is 0 Å². The molecule has 0 unspecified atom stereocenters. The number of hydrogen-bond donors (Lipinski definition) is 0. The van der Waals surface area contributed by atoms with Gasteiger partial charge in [0.15, 0.2) is 17.5 Å². The van der Waals surface area contributed by atoms with Crippen LogP contribution in [-0.4, -0.2) is 29.1 Å². The summed E-state index contributed by atoms with van der Waals surface area (Å²) in [6, 6.07) is 66.9. The van der Waals surface area contributed by atoms with E-state index in [0.717, 1.165) is 72.4 Å². The Morgan fingerprint density at radius 1 is 0.282 bits per heavy atom. The molecular weight excluding hydrogens is 949 g/mol. The molecule has 0 amide bonds. The maximum absolute atomic E-state index is 5.32. The molecule has 8 aromatic carbocycles. The molecule has 6 heteroatoms. The molecule has 12 aromatic rings. The van der Waals surface area contributed by atoms with Crippen LogP contribution in [0.3, 0.4) is 0 Å². The van der Waals surface area contributed by atoms with Crippen molar-refractivity contribution >= 4 is 43.6 Å². The van der Waals surface area contributed by atoms with E-state index in [0.29, 0.717) is 17.5 Å². The number of rotatable bonds is 7. The van der Waals surface area contributed by atoms with Gasteiger partial charge in [-0.05, 0) is 140 Å². The van der Waals surface area contributed by atoms with Gasteiger partial charge in [-0.15, -0.1) is 0 Å². The van der Waals surface area contributed by atoms with Crippen molar-refractivity contribution in [1.29, 1.82) is 0 Å². The molecule has 0 saturated carbocycles. The third kappa shape index (κ3) is 9.07. The zero-order valence-electron chi connectivity index (χ0n) is 47.2. The Kier molecular flexibility index (Phi) is 12.0. The minimum absolute atomic E-state index is 0.0477. The molecule has 0 N–H and O–H groups in total. The molecule has 0 aliphatic carbocycles. The number of pyridine rings is 1. The Morgan fingerprint density at radius 3 is 1.05 bits per heavy atom. The van der Waals surface area contributed by atoms with Crippen LogP contribution in [0.15, 0.2) is 194 Å². The van der Waals surface area contributed by atoms with Gasteiger partial charge in [0.1, 0.15) is 0 Å². The van der Waals surface area contributed by atoms with Gasteiger partial charge in [-0.1, -0.05) is 180 Å². The van der Waals surface area contributed by atoms with Crippen LogP contribution < -0.4 is 0 Å². The fourth-order valence-electron chi connectivity index (χ4n) is 11.1. The summed E-state index contributed by atoms with van der Waals surface area (Å²) in [6.07, 6.45) is 3.76. The summed E-state index contributed by atoms with van der Waals surface area (Å²) < 4.78 is 5.01. The van der Waals surface area contributed by atoms with Crippen LogP contribution in [0, 0.1) is 0 Å². The molecule has 0 atom stereocenters. The predicted molar refractivity (Wildman–Crippen MR) is 328 cm³/mol. The Morgan fingerprint density at radius 2 is 0.654 bits per heavy atom. The summed E-state index contributed by atoms with van der Waals surface area (Å²) in [5, 5.41) is 4.93. The fraction of sp³-hybridized carbons (Fsp3) is 0.222. The zero-order chi connectivity index (χ0) is 54.5. The van der Waals surface area contributed by atoms with E-state index in [4.69, 9.17) is 15.0 Å². The molecule has 0 aliphatic heterocycles. The number of benzene rings is 8. The first-order valence-corrected chi connectivity index (χ1v) is 27.4. The van der Waals surface area contributed by atoms with Crippen LogP contribution in [0.5, 0.6) is 0 Å². The zero-order valence-corrected chi connectivity index (χ0v) is 47.2. The Labute approximate surface area is 459 Å². The Bertz CT molecular complexity index is 4070. The predicted octanol–water partition coefficient (Wildman–Crippen LogP) is 19.0. The van der Waals surface area contributed by atoms with Crippen LogP contribution in [0.2, 0.25) is 0 Å². The van der Waals surface area contributed by atoms with Crippen molar-refractivity contribution < 1.29 is 0 Å². The summed E-state index contributed by atoms with van der Waals surface area (Å²) in [4.78, 5) is 20.2. The summed E-state index contributed by atoms with van der Waals surface area (Å²) in [5.41, 5.74) is 18.7. The monoisotopic (exact) mass is 1020 g/mol. The lowest BCUT2D eigenvalue weighted by Crippen LogP contribution is -2.10. The summed E-state index contributed by atoms with van der Waals surface area (Å²) in [7, 11) is 0. The van der Waals surface area contributed by atoms with Gasteiger partial charge in [0.2, 0.25) is 0 Å². The number of aromatic nitrogens is 6. The first-order chi connectivity index (χ1) is 37.2. The maximum Gasteiger partial charge on any atom is 0.164 e. The van der Waals surface area contributed by atoms with Gasteiger partial charge in [0.05, 0.1) is 33.4 Å². The van der Waals surface area contributed by atoms with E-state index in [1.165, 1.54) is 43.8 Å². The Balaban J connectivity index is 1.22. The second-order valence-electron chi connectivity index (χ2n) is 25.3. The topological polar surface area (TPSA) is 61.4 Å². The molecule has 0 radical (unpaired) electrons. The first kappa shape index (κ1) is 50.3. The average molecular weight is 1020 g/mol. The smallest absolute Gasteiger partial charge is 0.164 e. The molecule has 12 rings (SSSR count). The van der Waals surface area contributed by atoms with E-state index in [-0.39, 0.29) is 21.7 Å². The molecule has 386 valence electrons. The van der Waals surface area contributed by atoms with Gasteiger partial charge >= 0.3 is 0 Å². The molecule has 0 fully saturated rings. The molecule has 0 spiro atoms.